The van der Waals surface area contributed by atoms with Crippen LogP contribution in [0.25, 0.3) is 0 Å². The van der Waals surface area contributed by atoms with Crippen molar-refractivity contribution < 1.29 is 47.9 Å². The van der Waals surface area contributed by atoms with Gasteiger partial charge in [0.1, 0.15) is 18.1 Å². The number of carbonyl (C=O) groups is 3. The maximum atomic E-state index is 12.2. The molecule has 0 saturated heterocycles. The smallest absolute Gasteiger partial charge is 0.262 e. The zero-order valence-corrected chi connectivity index (χ0v) is 25.3. The van der Waals surface area contributed by atoms with Gasteiger partial charge in [-0.1, -0.05) is 24.3 Å². The van der Waals surface area contributed by atoms with Gasteiger partial charge < -0.3 is 38.8 Å². The van der Waals surface area contributed by atoms with Gasteiger partial charge in [0, 0.05) is 6.54 Å². The quantitative estimate of drug-likeness (QED) is 0.135. The van der Waals surface area contributed by atoms with E-state index in [2.05, 4.69) is 10.6 Å². The van der Waals surface area contributed by atoms with E-state index in [0.29, 0.717) is 73.3 Å². The van der Waals surface area contributed by atoms with E-state index in [9.17, 15) is 19.5 Å². The second kappa shape index (κ2) is 17.0. The number of carbonyl (C=O) groups excluding carboxylic acids is 3. The first-order valence-electron chi connectivity index (χ1n) is 14.5. The minimum Gasteiger partial charge on any atom is -0.493 e. The van der Waals surface area contributed by atoms with Crippen molar-refractivity contribution in [3.63, 3.8) is 0 Å². The summed E-state index contributed by atoms with van der Waals surface area (Å²) in [5.74, 6) is 0.916. The summed E-state index contributed by atoms with van der Waals surface area (Å²) < 4.78 is 32.8. The van der Waals surface area contributed by atoms with E-state index < -0.39 is 17.9 Å². The van der Waals surface area contributed by atoms with Crippen LogP contribution in [0.4, 0.5) is 0 Å². The molecule has 0 aliphatic carbocycles. The molecule has 1 aliphatic heterocycles. The topological polar surface area (TPSA) is 151 Å². The number of ether oxygens (including phenoxy) is 6. The molecule has 4 rings (SSSR count). The van der Waals surface area contributed by atoms with Gasteiger partial charge in [0.2, 0.25) is 0 Å². The predicted octanol–water partition coefficient (Wildman–Crippen LogP) is 2.86. The van der Waals surface area contributed by atoms with Crippen molar-refractivity contribution in [2.45, 2.75) is 18.9 Å². The Balaban J connectivity index is 1.04. The molecular formula is C33H38N2O10. The Morgan fingerprint density at radius 1 is 0.822 bits per heavy atom. The number of aliphatic hydroxyl groups excluding tert-OH is 1. The van der Waals surface area contributed by atoms with Gasteiger partial charge in [0.25, 0.3) is 17.7 Å². The molecule has 0 fully saturated rings. The first-order valence-corrected chi connectivity index (χ1v) is 14.5. The van der Waals surface area contributed by atoms with Crippen LogP contribution in [0.5, 0.6) is 23.0 Å². The summed E-state index contributed by atoms with van der Waals surface area (Å²) in [5.41, 5.74) is 2.25. The van der Waals surface area contributed by atoms with Crippen LogP contribution < -0.4 is 29.6 Å². The first-order chi connectivity index (χ1) is 21.9. The SMILES string of the molecule is COc1ccc(CCC(O)c2cccc(OCC(=O)NCCOCCOCCOc3cccc4c3C(=O)NC4=O)c2)cc1OC. The van der Waals surface area contributed by atoms with Crippen LogP contribution in [0.15, 0.2) is 60.7 Å². The highest BCUT2D eigenvalue weighted by atomic mass is 16.5. The second-order valence-electron chi connectivity index (χ2n) is 9.99. The Hall–Kier alpha value is -4.65. The number of hydrogen-bond acceptors (Lipinski definition) is 10. The van der Waals surface area contributed by atoms with E-state index in [4.69, 9.17) is 28.4 Å². The lowest BCUT2D eigenvalue weighted by atomic mass is 10.0. The minimum absolute atomic E-state index is 0.172. The van der Waals surface area contributed by atoms with Crippen LogP contribution in [0.2, 0.25) is 0 Å². The van der Waals surface area contributed by atoms with Gasteiger partial charge >= 0.3 is 0 Å². The van der Waals surface area contributed by atoms with Gasteiger partial charge in [0.15, 0.2) is 18.1 Å². The van der Waals surface area contributed by atoms with Crippen molar-refractivity contribution in [3.8, 4) is 23.0 Å². The summed E-state index contributed by atoms with van der Waals surface area (Å²) >= 11 is 0. The number of imide groups is 1. The number of amides is 3. The number of hydrogen-bond donors (Lipinski definition) is 3. The average Bonchev–Trinajstić information content (AvgIpc) is 3.36. The molecule has 1 atom stereocenters. The molecule has 0 bridgehead atoms. The van der Waals surface area contributed by atoms with Crippen molar-refractivity contribution in [1.29, 1.82) is 0 Å². The number of aliphatic hydroxyl groups is 1. The Bertz CT molecular complexity index is 1460. The molecule has 3 aromatic rings. The zero-order chi connectivity index (χ0) is 32.0. The Labute approximate surface area is 261 Å². The second-order valence-corrected chi connectivity index (χ2v) is 9.99. The molecule has 240 valence electrons. The van der Waals surface area contributed by atoms with Gasteiger partial charge in [-0.2, -0.15) is 0 Å². The summed E-state index contributed by atoms with van der Waals surface area (Å²) in [5, 5.41) is 15.7. The molecule has 0 aromatic heterocycles. The fourth-order valence-electron chi connectivity index (χ4n) is 4.62. The molecular weight excluding hydrogens is 584 g/mol. The van der Waals surface area contributed by atoms with Gasteiger partial charge in [0.05, 0.1) is 57.9 Å². The predicted molar refractivity (Wildman–Crippen MR) is 163 cm³/mol. The van der Waals surface area contributed by atoms with Crippen molar-refractivity contribution >= 4 is 17.7 Å². The third-order valence-electron chi connectivity index (χ3n) is 6.92. The number of methoxy groups -OCH3 is 2. The maximum absolute atomic E-state index is 12.2. The van der Waals surface area contributed by atoms with Gasteiger partial charge in [-0.15, -0.1) is 0 Å². The molecule has 0 saturated carbocycles. The maximum Gasteiger partial charge on any atom is 0.262 e. The number of rotatable bonds is 19. The highest BCUT2D eigenvalue weighted by Crippen LogP contribution is 2.30. The van der Waals surface area contributed by atoms with Gasteiger partial charge in [-0.25, -0.2) is 0 Å². The largest absolute Gasteiger partial charge is 0.493 e. The van der Waals surface area contributed by atoms with Crippen LogP contribution in [0.3, 0.4) is 0 Å². The van der Waals surface area contributed by atoms with E-state index >= 15 is 0 Å². The van der Waals surface area contributed by atoms with E-state index in [1.807, 2.05) is 24.3 Å². The summed E-state index contributed by atoms with van der Waals surface area (Å²) in [6.07, 6.45) is 0.430. The molecule has 12 heteroatoms. The van der Waals surface area contributed by atoms with Crippen molar-refractivity contribution in [1.82, 2.24) is 10.6 Å². The van der Waals surface area contributed by atoms with E-state index in [1.165, 1.54) is 0 Å². The summed E-state index contributed by atoms with van der Waals surface area (Å²) in [6.45, 7) is 1.55. The first kappa shape index (κ1) is 33.2. The minimum atomic E-state index is -0.705. The monoisotopic (exact) mass is 622 g/mol. The molecule has 0 spiro atoms. The van der Waals surface area contributed by atoms with Crippen molar-refractivity contribution in [2.24, 2.45) is 0 Å². The lowest BCUT2D eigenvalue weighted by molar-refractivity contribution is -0.123. The molecule has 1 aliphatic rings. The Morgan fingerprint density at radius 2 is 1.58 bits per heavy atom. The van der Waals surface area contributed by atoms with E-state index in [1.54, 1.807) is 50.6 Å². The van der Waals surface area contributed by atoms with E-state index in [-0.39, 0.29) is 31.3 Å². The summed E-state index contributed by atoms with van der Waals surface area (Å²) in [6, 6.07) is 17.6. The molecule has 12 nitrogen and oxygen atoms in total. The fraction of sp³-hybridized carbons (Fsp3) is 0.364. The number of fused-ring (bicyclic) bond motifs is 1. The third-order valence-corrected chi connectivity index (χ3v) is 6.92. The molecule has 45 heavy (non-hydrogen) atoms. The highest BCUT2D eigenvalue weighted by Gasteiger charge is 2.30. The molecule has 0 radical (unpaired) electrons. The molecule has 3 N–H and O–H groups in total. The fourth-order valence-corrected chi connectivity index (χ4v) is 4.62. The van der Waals surface area contributed by atoms with Gasteiger partial charge in [-0.05, 0) is 60.4 Å². The van der Waals surface area contributed by atoms with E-state index in [0.717, 1.165) is 5.56 Å². The lowest BCUT2D eigenvalue weighted by Crippen LogP contribution is -2.32. The molecule has 3 aromatic carbocycles. The average molecular weight is 623 g/mol. The standard InChI is InChI=1S/C33H38N2O10/c1-40-27-12-10-22(19-29(27)41-2)9-11-26(36)23-5-3-6-24(20-23)45-21-30(37)34-13-14-42-15-16-43-17-18-44-28-8-4-7-25-31(28)33(39)35-32(25)38/h3-8,10,12,19-20,26,36H,9,11,13-18,21H2,1-2H3,(H,34,37)(H,35,38,39). The lowest BCUT2D eigenvalue weighted by Gasteiger charge is -2.14. The number of nitrogens with one attached hydrogen (secondary N) is 2. The zero-order valence-electron chi connectivity index (χ0n) is 25.3. The van der Waals surface area contributed by atoms with Crippen LogP contribution in [0, 0.1) is 0 Å². The summed E-state index contributed by atoms with van der Waals surface area (Å²) in [7, 11) is 3.17. The molecule has 1 heterocycles. The summed E-state index contributed by atoms with van der Waals surface area (Å²) in [4.78, 5) is 35.8. The normalized spacial score (nSPS) is 12.7. The van der Waals surface area contributed by atoms with Crippen LogP contribution in [-0.4, -0.2) is 83.2 Å². The van der Waals surface area contributed by atoms with Gasteiger partial charge in [-0.3, -0.25) is 19.7 Å². The third kappa shape index (κ3) is 9.67. The van der Waals surface area contributed by atoms with Crippen LogP contribution in [-0.2, 0) is 20.7 Å². The number of aryl methyl sites for hydroxylation is 1. The molecule has 1 unspecified atom stereocenters. The van der Waals surface area contributed by atoms with Crippen molar-refractivity contribution in [2.75, 3.05) is 60.4 Å². The number of benzene rings is 3. The highest BCUT2D eigenvalue weighted by molar-refractivity contribution is 6.22. The van der Waals surface area contributed by atoms with Crippen LogP contribution in [0.1, 0.15) is 44.4 Å². The Kier molecular flexibility index (Phi) is 12.6. The van der Waals surface area contributed by atoms with Crippen molar-refractivity contribution in [3.05, 3.63) is 82.9 Å². The molecule has 3 amide bonds. The van der Waals surface area contributed by atoms with Crippen LogP contribution >= 0.6 is 0 Å². The Morgan fingerprint density at radius 3 is 2.38 bits per heavy atom.